The molecule has 12 nitrogen and oxygen atoms in total. The predicted octanol–water partition coefficient (Wildman–Crippen LogP) is 8.17. The molecular formula is C42H39ClF6N8O4. The summed E-state index contributed by atoms with van der Waals surface area (Å²) in [5, 5.41) is 16.1. The number of halogens is 7. The summed E-state index contributed by atoms with van der Waals surface area (Å²) in [6.07, 6.45) is -9.37. The highest BCUT2D eigenvalue weighted by atomic mass is 35.5. The zero-order valence-corrected chi connectivity index (χ0v) is 33.3. The Morgan fingerprint density at radius 3 is 1.34 bits per heavy atom. The molecule has 0 saturated carbocycles. The molecule has 2 saturated heterocycles. The number of hydrogen-bond donors (Lipinski definition) is 1. The Kier molecular flexibility index (Phi) is 13.9. The average Bonchev–Trinajstić information content (AvgIpc) is 3.92. The standard InChI is InChI=1S/C22H21F3N4O2.C20H17F3N4O2.ClH/c1-2-28-13-17(14-28)20(30)29(18-6-4-3-5-7-18)12-15-8-10-16(11-9-15)19-26-27-21(31-19)22(23,24)25;21-20(22,23)19-26-25-17(29-19)14-8-6-13(7-9-14)12-27(16-4-2-1-3-5-16)18(28)15-10-24-11-15;/h3-11,17H,2,12-14H2,1H3;1-9,15,24H,10-12H2;1H. The topological polar surface area (TPSA) is 134 Å². The number of rotatable bonds is 11. The highest BCUT2D eigenvalue weighted by Gasteiger charge is 2.39. The van der Waals surface area contributed by atoms with Crippen LogP contribution in [0.5, 0.6) is 0 Å². The second-order valence-corrected chi connectivity index (χ2v) is 14.1. The number of likely N-dealkylation sites (tertiary alicyclic amines) is 1. The molecule has 61 heavy (non-hydrogen) atoms. The maximum Gasteiger partial charge on any atom is 0.470 e. The van der Waals surface area contributed by atoms with Gasteiger partial charge in [-0.05, 0) is 66.2 Å². The Bertz CT molecular complexity index is 2350. The number of anilines is 2. The first-order valence-electron chi connectivity index (χ1n) is 18.9. The fourth-order valence-electron chi connectivity index (χ4n) is 6.48. The van der Waals surface area contributed by atoms with E-state index in [2.05, 4.69) is 37.5 Å². The third-order valence-electron chi connectivity index (χ3n) is 9.97. The van der Waals surface area contributed by atoms with Gasteiger partial charge in [0.15, 0.2) is 0 Å². The molecule has 2 amide bonds. The largest absolute Gasteiger partial charge is 0.470 e. The van der Waals surface area contributed by atoms with Crippen molar-refractivity contribution in [2.45, 2.75) is 32.4 Å². The van der Waals surface area contributed by atoms with E-state index < -0.39 is 24.1 Å². The van der Waals surface area contributed by atoms with Gasteiger partial charge in [0.2, 0.25) is 23.6 Å². The first-order valence-corrected chi connectivity index (χ1v) is 18.9. The van der Waals surface area contributed by atoms with Gasteiger partial charge in [0.1, 0.15) is 0 Å². The monoisotopic (exact) mass is 868 g/mol. The first kappa shape index (κ1) is 44.4. The summed E-state index contributed by atoms with van der Waals surface area (Å²) in [4.78, 5) is 31.7. The van der Waals surface area contributed by atoms with Crippen LogP contribution < -0.4 is 15.1 Å². The number of nitrogens with zero attached hydrogens (tertiary/aromatic N) is 7. The van der Waals surface area contributed by atoms with E-state index in [-0.39, 0.29) is 47.8 Å². The molecule has 2 aliphatic heterocycles. The summed E-state index contributed by atoms with van der Waals surface area (Å²) >= 11 is 0. The van der Waals surface area contributed by atoms with Gasteiger partial charge in [-0.15, -0.1) is 32.8 Å². The van der Waals surface area contributed by atoms with Crippen LogP contribution in [-0.4, -0.2) is 69.8 Å². The maximum absolute atomic E-state index is 13.1. The van der Waals surface area contributed by atoms with Gasteiger partial charge in [-0.2, -0.15) is 26.3 Å². The van der Waals surface area contributed by atoms with Crippen molar-refractivity contribution in [3.63, 3.8) is 0 Å². The van der Waals surface area contributed by atoms with E-state index in [9.17, 15) is 35.9 Å². The van der Waals surface area contributed by atoms with E-state index in [1.165, 1.54) is 0 Å². The van der Waals surface area contributed by atoms with E-state index in [1.807, 2.05) is 60.7 Å². The molecule has 4 aromatic carbocycles. The van der Waals surface area contributed by atoms with Crippen LogP contribution in [0.3, 0.4) is 0 Å². The molecule has 0 spiro atoms. The zero-order valence-electron chi connectivity index (χ0n) is 32.4. The number of alkyl halides is 6. The quantitative estimate of drug-likeness (QED) is 0.127. The molecule has 4 heterocycles. The van der Waals surface area contributed by atoms with Crippen molar-refractivity contribution < 1.29 is 44.8 Å². The normalized spacial score (nSPS) is 14.5. The van der Waals surface area contributed by atoms with E-state index in [1.54, 1.807) is 58.3 Å². The van der Waals surface area contributed by atoms with Gasteiger partial charge < -0.3 is 28.9 Å². The van der Waals surface area contributed by atoms with Crippen molar-refractivity contribution >= 4 is 35.6 Å². The van der Waals surface area contributed by atoms with Crippen molar-refractivity contribution in [2.75, 3.05) is 42.5 Å². The summed E-state index contributed by atoms with van der Waals surface area (Å²) in [7, 11) is 0. The van der Waals surface area contributed by atoms with Crippen LogP contribution in [0.1, 0.15) is 29.8 Å². The van der Waals surface area contributed by atoms with Gasteiger partial charge >= 0.3 is 24.1 Å². The van der Waals surface area contributed by atoms with Gasteiger partial charge in [-0.1, -0.05) is 67.6 Å². The van der Waals surface area contributed by atoms with E-state index in [4.69, 9.17) is 8.83 Å². The lowest BCUT2D eigenvalue weighted by atomic mass is 9.97. The van der Waals surface area contributed by atoms with Crippen molar-refractivity contribution in [3.05, 3.63) is 132 Å². The first-order chi connectivity index (χ1) is 28.8. The second kappa shape index (κ2) is 19.1. The number of carbonyl (C=O) groups excluding carboxylic acids is 2. The molecule has 2 aliphatic rings. The smallest absolute Gasteiger partial charge is 0.413 e. The Hall–Kier alpha value is -6.11. The van der Waals surface area contributed by atoms with E-state index >= 15 is 0 Å². The molecule has 19 heteroatoms. The Morgan fingerprint density at radius 1 is 0.623 bits per heavy atom. The van der Waals surface area contributed by atoms with Gasteiger partial charge in [-0.3, -0.25) is 9.59 Å². The van der Waals surface area contributed by atoms with Crippen LogP contribution in [0, 0.1) is 11.8 Å². The summed E-state index contributed by atoms with van der Waals surface area (Å²) in [5.41, 5.74) is 4.01. The number of carbonyl (C=O) groups is 2. The lowest BCUT2D eigenvalue weighted by Crippen LogP contribution is -2.54. The van der Waals surface area contributed by atoms with Crippen LogP contribution >= 0.6 is 12.4 Å². The predicted molar refractivity (Wildman–Crippen MR) is 214 cm³/mol. The van der Waals surface area contributed by atoms with Crippen LogP contribution in [0.2, 0.25) is 0 Å². The molecule has 2 fully saturated rings. The summed E-state index contributed by atoms with van der Waals surface area (Å²) < 4.78 is 85.3. The molecule has 0 bridgehead atoms. The summed E-state index contributed by atoms with van der Waals surface area (Å²) in [6, 6.07) is 32.2. The third kappa shape index (κ3) is 10.8. The second-order valence-electron chi connectivity index (χ2n) is 14.1. The Morgan fingerprint density at radius 2 is 1.02 bits per heavy atom. The van der Waals surface area contributed by atoms with Gasteiger partial charge in [-0.25, -0.2) is 0 Å². The minimum atomic E-state index is -4.68. The minimum Gasteiger partial charge on any atom is -0.413 e. The SMILES string of the molecule is CCN1CC(C(=O)N(Cc2ccc(-c3nnc(C(F)(F)F)o3)cc2)c2ccccc2)C1.Cl.O=C(C1CNC1)N(Cc1ccc(-c2nnc(C(F)(F)F)o2)cc1)c1ccccc1. The lowest BCUT2D eigenvalue weighted by molar-refractivity contribution is -0.157. The molecule has 2 aromatic heterocycles. The minimum absolute atomic E-state index is 0. The number of nitrogens with one attached hydrogen (secondary N) is 1. The van der Waals surface area contributed by atoms with Crippen LogP contribution in [0.25, 0.3) is 22.9 Å². The molecular weight excluding hydrogens is 830 g/mol. The van der Waals surface area contributed by atoms with E-state index in [0.29, 0.717) is 37.3 Å². The third-order valence-corrected chi connectivity index (χ3v) is 9.97. The highest BCUT2D eigenvalue weighted by molar-refractivity contribution is 5.96. The highest BCUT2D eigenvalue weighted by Crippen LogP contribution is 2.32. The molecule has 8 rings (SSSR count). The zero-order chi connectivity index (χ0) is 42.4. The van der Waals surface area contributed by atoms with Crippen LogP contribution in [0.15, 0.2) is 118 Å². The lowest BCUT2D eigenvalue weighted by Gasteiger charge is -2.40. The number of amides is 2. The van der Waals surface area contributed by atoms with E-state index in [0.717, 1.165) is 42.1 Å². The molecule has 0 radical (unpaired) electrons. The average molecular weight is 869 g/mol. The van der Waals surface area contributed by atoms with Crippen LogP contribution in [-0.2, 0) is 35.0 Å². The van der Waals surface area contributed by atoms with Crippen molar-refractivity contribution in [1.29, 1.82) is 0 Å². The summed E-state index contributed by atoms with van der Waals surface area (Å²) in [5.74, 6) is -3.19. The summed E-state index contributed by atoms with van der Waals surface area (Å²) in [6.45, 7) is 6.48. The molecule has 0 aliphatic carbocycles. The molecule has 1 N–H and O–H groups in total. The van der Waals surface area contributed by atoms with Gasteiger partial charge in [0, 0.05) is 48.7 Å². The fourth-order valence-corrected chi connectivity index (χ4v) is 6.48. The molecule has 0 atom stereocenters. The molecule has 0 unspecified atom stereocenters. The number of para-hydroxylation sites is 2. The van der Waals surface area contributed by atoms with Crippen LogP contribution in [0.4, 0.5) is 37.7 Å². The molecule has 6 aromatic rings. The Balaban J connectivity index is 0.000000201. The Labute approximate surface area is 352 Å². The molecule has 320 valence electrons. The van der Waals surface area contributed by atoms with Crippen molar-refractivity contribution in [1.82, 2.24) is 30.6 Å². The maximum atomic E-state index is 13.1. The number of hydrogen-bond acceptors (Lipinski definition) is 10. The van der Waals surface area contributed by atoms with Gasteiger partial charge in [0.25, 0.3) is 0 Å². The number of benzene rings is 4. The number of aromatic nitrogens is 4. The van der Waals surface area contributed by atoms with Crippen molar-refractivity contribution in [3.8, 4) is 22.9 Å². The van der Waals surface area contributed by atoms with Crippen molar-refractivity contribution in [2.24, 2.45) is 11.8 Å². The van der Waals surface area contributed by atoms with Gasteiger partial charge in [0.05, 0.1) is 24.9 Å². The fraction of sp³-hybridized carbons (Fsp3) is 0.286.